The molecule has 1 heterocycles. The van der Waals surface area contributed by atoms with Crippen molar-refractivity contribution >= 4 is 22.9 Å². The average molecular weight is 370 g/mol. The molecule has 1 aromatic heterocycles. The summed E-state index contributed by atoms with van der Waals surface area (Å²) in [6.07, 6.45) is 0.190. The average Bonchev–Trinajstić information content (AvgIpc) is 2.97. The van der Waals surface area contributed by atoms with Gasteiger partial charge in [0.25, 0.3) is 0 Å². The number of thiazole rings is 1. The fourth-order valence-corrected chi connectivity index (χ4v) is 3.59. The number of aryl methyl sites for hydroxylation is 2. The van der Waals surface area contributed by atoms with E-state index in [-0.39, 0.29) is 18.1 Å². The van der Waals surface area contributed by atoms with Crippen molar-refractivity contribution in [1.82, 2.24) is 4.98 Å². The van der Waals surface area contributed by atoms with Gasteiger partial charge in [0.15, 0.2) is 0 Å². The highest BCUT2D eigenvalue weighted by Crippen LogP contribution is 2.30. The Bertz CT molecular complexity index is 935. The number of amides is 1. The van der Waals surface area contributed by atoms with E-state index in [2.05, 4.69) is 10.3 Å². The SMILES string of the molecule is COc1cc(F)ccc1NC(=O)Cc1sc(C)nc1-c1ccc(C)cc1. The van der Waals surface area contributed by atoms with Gasteiger partial charge in [-0.1, -0.05) is 29.8 Å². The summed E-state index contributed by atoms with van der Waals surface area (Å²) < 4.78 is 18.4. The highest BCUT2D eigenvalue weighted by Gasteiger charge is 2.16. The van der Waals surface area contributed by atoms with Crippen LogP contribution < -0.4 is 10.1 Å². The van der Waals surface area contributed by atoms with Crippen LogP contribution in [0, 0.1) is 19.7 Å². The van der Waals surface area contributed by atoms with Crippen molar-refractivity contribution in [3.05, 3.63) is 63.7 Å². The van der Waals surface area contributed by atoms with Gasteiger partial charge in [-0.15, -0.1) is 11.3 Å². The molecule has 0 bridgehead atoms. The van der Waals surface area contributed by atoms with Crippen molar-refractivity contribution in [3.8, 4) is 17.0 Å². The highest BCUT2D eigenvalue weighted by molar-refractivity contribution is 7.12. The molecule has 0 aliphatic carbocycles. The van der Waals surface area contributed by atoms with Crippen LogP contribution in [0.4, 0.5) is 10.1 Å². The third-order valence-corrected chi connectivity index (χ3v) is 4.86. The van der Waals surface area contributed by atoms with Crippen LogP contribution >= 0.6 is 11.3 Å². The van der Waals surface area contributed by atoms with Gasteiger partial charge in [-0.3, -0.25) is 4.79 Å². The summed E-state index contributed by atoms with van der Waals surface area (Å²) in [5.41, 5.74) is 3.43. The number of hydrogen-bond acceptors (Lipinski definition) is 4. The lowest BCUT2D eigenvalue weighted by molar-refractivity contribution is -0.115. The molecular formula is C20H19FN2O2S. The number of halogens is 1. The van der Waals surface area contributed by atoms with E-state index in [0.29, 0.717) is 5.69 Å². The Balaban J connectivity index is 1.81. The van der Waals surface area contributed by atoms with Crippen molar-refractivity contribution in [2.45, 2.75) is 20.3 Å². The Hall–Kier alpha value is -2.73. The van der Waals surface area contributed by atoms with E-state index in [4.69, 9.17) is 4.74 Å². The van der Waals surface area contributed by atoms with Crippen molar-refractivity contribution in [2.24, 2.45) is 0 Å². The topological polar surface area (TPSA) is 51.2 Å². The van der Waals surface area contributed by atoms with Crippen molar-refractivity contribution in [1.29, 1.82) is 0 Å². The number of aromatic nitrogens is 1. The van der Waals surface area contributed by atoms with Gasteiger partial charge in [-0.25, -0.2) is 9.37 Å². The third kappa shape index (κ3) is 4.08. The highest BCUT2D eigenvalue weighted by atomic mass is 32.1. The first-order valence-electron chi connectivity index (χ1n) is 8.13. The second-order valence-electron chi connectivity index (χ2n) is 5.94. The molecule has 134 valence electrons. The van der Waals surface area contributed by atoms with Crippen molar-refractivity contribution in [2.75, 3.05) is 12.4 Å². The molecule has 3 aromatic rings. The molecule has 4 nitrogen and oxygen atoms in total. The second-order valence-corrected chi connectivity index (χ2v) is 7.23. The van der Waals surface area contributed by atoms with E-state index >= 15 is 0 Å². The maximum Gasteiger partial charge on any atom is 0.229 e. The van der Waals surface area contributed by atoms with E-state index in [1.54, 1.807) is 0 Å². The molecular weight excluding hydrogens is 351 g/mol. The Morgan fingerprint density at radius 3 is 2.62 bits per heavy atom. The van der Waals surface area contributed by atoms with E-state index in [9.17, 15) is 9.18 Å². The summed E-state index contributed by atoms with van der Waals surface area (Å²) in [5, 5.41) is 3.69. The Labute approximate surface area is 155 Å². The lowest BCUT2D eigenvalue weighted by Gasteiger charge is -2.10. The summed E-state index contributed by atoms with van der Waals surface area (Å²) >= 11 is 1.50. The molecule has 0 aliphatic heterocycles. The largest absolute Gasteiger partial charge is 0.494 e. The first-order valence-corrected chi connectivity index (χ1v) is 8.94. The van der Waals surface area contributed by atoms with E-state index in [1.807, 2.05) is 38.1 Å². The normalized spacial score (nSPS) is 10.6. The molecule has 0 saturated carbocycles. The van der Waals surface area contributed by atoms with E-state index in [1.165, 1.54) is 42.2 Å². The third-order valence-electron chi connectivity index (χ3n) is 3.89. The second kappa shape index (κ2) is 7.66. The molecule has 0 unspecified atom stereocenters. The van der Waals surface area contributed by atoms with Gasteiger partial charge in [0.2, 0.25) is 5.91 Å². The zero-order chi connectivity index (χ0) is 18.7. The molecule has 0 saturated heterocycles. The summed E-state index contributed by atoms with van der Waals surface area (Å²) in [5.74, 6) is -0.330. The molecule has 1 N–H and O–H groups in total. The van der Waals surface area contributed by atoms with E-state index < -0.39 is 5.82 Å². The summed E-state index contributed by atoms with van der Waals surface area (Å²) in [6, 6.07) is 12.1. The minimum atomic E-state index is -0.417. The van der Waals surface area contributed by atoms with Gasteiger partial charge in [0.05, 0.1) is 29.9 Å². The zero-order valence-electron chi connectivity index (χ0n) is 14.8. The molecule has 0 radical (unpaired) electrons. The number of hydrogen-bond donors (Lipinski definition) is 1. The van der Waals surface area contributed by atoms with Gasteiger partial charge in [0.1, 0.15) is 11.6 Å². The van der Waals surface area contributed by atoms with E-state index in [0.717, 1.165) is 21.1 Å². The lowest BCUT2D eigenvalue weighted by atomic mass is 10.1. The summed E-state index contributed by atoms with van der Waals surface area (Å²) in [6.45, 7) is 3.95. The standard InChI is InChI=1S/C20H19FN2O2S/c1-12-4-6-14(7-5-12)20-18(26-13(2)22-20)11-19(24)23-16-9-8-15(21)10-17(16)25-3/h4-10H,11H2,1-3H3,(H,23,24). The minimum absolute atomic E-state index is 0.190. The van der Waals surface area contributed by atoms with Crippen LogP contribution in [0.5, 0.6) is 5.75 Å². The molecule has 0 aliphatic rings. The summed E-state index contributed by atoms with van der Waals surface area (Å²) in [4.78, 5) is 18.0. The lowest BCUT2D eigenvalue weighted by Crippen LogP contribution is -2.15. The Kier molecular flexibility index (Phi) is 5.32. The molecule has 0 spiro atoms. The number of nitrogens with zero attached hydrogens (tertiary/aromatic N) is 1. The number of rotatable bonds is 5. The quantitative estimate of drug-likeness (QED) is 0.705. The first kappa shape index (κ1) is 18.1. The van der Waals surface area contributed by atoms with Crippen LogP contribution in [0.25, 0.3) is 11.3 Å². The van der Waals surface area contributed by atoms with Gasteiger partial charge >= 0.3 is 0 Å². The monoisotopic (exact) mass is 370 g/mol. The van der Waals surface area contributed by atoms with Crippen molar-refractivity contribution in [3.63, 3.8) is 0 Å². The van der Waals surface area contributed by atoms with Gasteiger partial charge in [-0.2, -0.15) is 0 Å². The van der Waals surface area contributed by atoms with Crippen LogP contribution in [-0.4, -0.2) is 18.0 Å². The van der Waals surface area contributed by atoms with Crippen LogP contribution in [-0.2, 0) is 11.2 Å². The predicted octanol–water partition coefficient (Wildman–Crippen LogP) is 4.76. The first-order chi connectivity index (χ1) is 12.5. The zero-order valence-corrected chi connectivity index (χ0v) is 15.6. The van der Waals surface area contributed by atoms with Crippen LogP contribution in [0.15, 0.2) is 42.5 Å². The minimum Gasteiger partial charge on any atom is -0.494 e. The van der Waals surface area contributed by atoms with Crippen molar-refractivity contribution < 1.29 is 13.9 Å². The number of anilines is 1. The molecule has 1 amide bonds. The molecule has 0 fully saturated rings. The Morgan fingerprint density at radius 2 is 1.92 bits per heavy atom. The number of carbonyl (C=O) groups excluding carboxylic acids is 1. The maximum atomic E-state index is 13.3. The number of methoxy groups -OCH3 is 1. The van der Waals surface area contributed by atoms with Gasteiger partial charge < -0.3 is 10.1 Å². The molecule has 3 rings (SSSR count). The number of carbonyl (C=O) groups is 1. The smallest absolute Gasteiger partial charge is 0.229 e. The molecule has 26 heavy (non-hydrogen) atoms. The molecule has 6 heteroatoms. The van der Waals surface area contributed by atoms with Gasteiger partial charge in [0, 0.05) is 16.5 Å². The van der Waals surface area contributed by atoms with Gasteiger partial charge in [-0.05, 0) is 26.0 Å². The predicted molar refractivity (Wildman–Crippen MR) is 102 cm³/mol. The molecule has 2 aromatic carbocycles. The fourth-order valence-electron chi connectivity index (χ4n) is 2.63. The van der Waals surface area contributed by atoms with Crippen LogP contribution in [0.1, 0.15) is 15.4 Å². The summed E-state index contributed by atoms with van der Waals surface area (Å²) in [7, 11) is 1.44. The fraction of sp³-hybridized carbons (Fsp3) is 0.200. The number of benzene rings is 2. The van der Waals surface area contributed by atoms with Crippen LogP contribution in [0.2, 0.25) is 0 Å². The van der Waals surface area contributed by atoms with Crippen LogP contribution in [0.3, 0.4) is 0 Å². The maximum absolute atomic E-state index is 13.3. The number of ether oxygens (including phenoxy) is 1. The Morgan fingerprint density at radius 1 is 1.19 bits per heavy atom. The molecule has 0 atom stereocenters. The number of nitrogens with one attached hydrogen (secondary N) is 1.